The zero-order valence-corrected chi connectivity index (χ0v) is 19.7. The molecule has 1 aromatic heterocycles. The minimum atomic E-state index is -0.201. The topological polar surface area (TPSA) is 74.2 Å². The predicted molar refractivity (Wildman–Crippen MR) is 125 cm³/mol. The lowest BCUT2D eigenvalue weighted by atomic mass is 9.83. The summed E-state index contributed by atoms with van der Waals surface area (Å²) in [6.07, 6.45) is 2.53. The van der Waals surface area contributed by atoms with Crippen LogP contribution < -0.4 is 10.6 Å². The van der Waals surface area contributed by atoms with Crippen LogP contribution in [0.3, 0.4) is 0 Å². The van der Waals surface area contributed by atoms with Crippen LogP contribution in [0.5, 0.6) is 0 Å². The number of hydrogen-bond donors (Lipinski definition) is 3. The highest BCUT2D eigenvalue weighted by atomic mass is 16.3. The molecule has 166 valence electrons. The third kappa shape index (κ3) is 5.79. The van der Waals surface area contributed by atoms with Crippen molar-refractivity contribution in [2.75, 3.05) is 19.7 Å². The molecule has 1 amide bonds. The normalized spacial score (nSPS) is 14.8. The van der Waals surface area contributed by atoms with E-state index in [1.165, 1.54) is 24.0 Å². The molecule has 0 bridgehead atoms. The summed E-state index contributed by atoms with van der Waals surface area (Å²) in [4.78, 5) is 17.5. The Hall–Kier alpha value is -1.98. The van der Waals surface area contributed by atoms with Gasteiger partial charge in [0.05, 0.1) is 12.1 Å². The fourth-order valence-electron chi connectivity index (χ4n) is 3.65. The van der Waals surface area contributed by atoms with Crippen LogP contribution in [-0.2, 0) is 5.41 Å². The molecule has 1 fully saturated rings. The van der Waals surface area contributed by atoms with Crippen LogP contribution in [0.2, 0.25) is 0 Å². The smallest absolute Gasteiger partial charge is 0.269 e. The number of nitrogens with zero attached hydrogens (tertiary/aromatic N) is 1. The van der Waals surface area contributed by atoms with Gasteiger partial charge in [-0.1, -0.05) is 47.6 Å². The molecule has 0 aliphatic heterocycles. The second kappa shape index (κ2) is 10.4. The summed E-state index contributed by atoms with van der Waals surface area (Å²) in [6.45, 7) is 15.7. The number of aliphatic hydroxyl groups is 1. The van der Waals surface area contributed by atoms with Gasteiger partial charge in [0.2, 0.25) is 0 Å². The Balaban J connectivity index is 0.00000155. The lowest BCUT2D eigenvalue weighted by molar-refractivity contribution is 0.0940. The molecule has 1 aliphatic carbocycles. The maximum Gasteiger partial charge on any atom is 0.269 e. The second-order valence-corrected chi connectivity index (χ2v) is 8.96. The Bertz CT molecular complexity index is 867. The van der Waals surface area contributed by atoms with Gasteiger partial charge in [0, 0.05) is 18.0 Å². The van der Waals surface area contributed by atoms with E-state index in [1.54, 1.807) is 0 Å². The minimum absolute atomic E-state index is 0.0174. The van der Waals surface area contributed by atoms with Gasteiger partial charge in [0.25, 0.3) is 5.91 Å². The fraction of sp³-hybridized carbons (Fsp3) is 0.600. The lowest BCUT2D eigenvalue weighted by Crippen LogP contribution is -2.43. The molecule has 1 aliphatic rings. The van der Waals surface area contributed by atoms with Crippen molar-refractivity contribution in [3.05, 3.63) is 40.6 Å². The van der Waals surface area contributed by atoms with Crippen molar-refractivity contribution in [2.24, 2.45) is 0 Å². The molecule has 30 heavy (non-hydrogen) atoms. The summed E-state index contributed by atoms with van der Waals surface area (Å²) in [5, 5.41) is 16.6. The van der Waals surface area contributed by atoms with Crippen molar-refractivity contribution in [3.8, 4) is 0 Å². The number of aliphatic hydroxyl groups excluding tert-OH is 1. The number of fused-ring (bicyclic) bond motifs is 1. The Morgan fingerprint density at radius 3 is 2.43 bits per heavy atom. The van der Waals surface area contributed by atoms with Crippen LogP contribution in [0.1, 0.15) is 87.5 Å². The van der Waals surface area contributed by atoms with Gasteiger partial charge in [0.15, 0.2) is 0 Å². The third-order valence-corrected chi connectivity index (χ3v) is 5.45. The molecule has 3 N–H and O–H groups in total. The Kier molecular flexibility index (Phi) is 8.39. The molecule has 1 heterocycles. The van der Waals surface area contributed by atoms with E-state index in [2.05, 4.69) is 50.5 Å². The highest BCUT2D eigenvalue weighted by Gasteiger charge is 2.28. The van der Waals surface area contributed by atoms with Crippen LogP contribution in [0.15, 0.2) is 18.2 Å². The van der Waals surface area contributed by atoms with Crippen LogP contribution in [0.25, 0.3) is 10.9 Å². The average molecular weight is 414 g/mol. The number of carbonyl (C=O) groups excluding carboxylic acids is 1. The van der Waals surface area contributed by atoms with Crippen LogP contribution in [-0.4, -0.2) is 41.7 Å². The third-order valence-electron chi connectivity index (χ3n) is 5.45. The van der Waals surface area contributed by atoms with Gasteiger partial charge >= 0.3 is 0 Å². The number of rotatable bonds is 7. The summed E-state index contributed by atoms with van der Waals surface area (Å²) in [6, 6.07) is 6.28. The first-order valence-corrected chi connectivity index (χ1v) is 11.3. The number of benzene rings is 1. The SMILES string of the molecule is CC.CCNC(CO)CNC(=O)c1cc(C)c2cc(C3CC3)cc(C(C)(C)C)c2n1. The number of aryl methyl sites for hydroxylation is 1. The summed E-state index contributed by atoms with van der Waals surface area (Å²) in [5.41, 5.74) is 4.98. The fourth-order valence-corrected chi connectivity index (χ4v) is 3.65. The van der Waals surface area contributed by atoms with Gasteiger partial charge in [-0.25, -0.2) is 4.98 Å². The van der Waals surface area contributed by atoms with Gasteiger partial charge in [-0.3, -0.25) is 4.79 Å². The molecular weight excluding hydrogens is 374 g/mol. The van der Waals surface area contributed by atoms with E-state index in [4.69, 9.17) is 4.98 Å². The molecule has 3 rings (SSSR count). The highest BCUT2D eigenvalue weighted by Crippen LogP contribution is 2.43. The van der Waals surface area contributed by atoms with E-state index in [9.17, 15) is 9.90 Å². The molecule has 0 saturated heterocycles. The van der Waals surface area contributed by atoms with E-state index in [0.717, 1.165) is 23.0 Å². The number of pyridine rings is 1. The van der Waals surface area contributed by atoms with Crippen molar-refractivity contribution in [1.82, 2.24) is 15.6 Å². The van der Waals surface area contributed by atoms with Crippen molar-refractivity contribution >= 4 is 16.8 Å². The van der Waals surface area contributed by atoms with Crippen LogP contribution in [0.4, 0.5) is 0 Å². The second-order valence-electron chi connectivity index (χ2n) is 8.96. The molecule has 0 spiro atoms. The maximum atomic E-state index is 12.7. The zero-order chi connectivity index (χ0) is 22.5. The average Bonchev–Trinajstić information content (AvgIpc) is 3.56. The van der Waals surface area contributed by atoms with E-state index >= 15 is 0 Å². The largest absolute Gasteiger partial charge is 0.395 e. The molecule has 1 unspecified atom stereocenters. The molecule has 0 radical (unpaired) electrons. The number of hydrogen-bond acceptors (Lipinski definition) is 4. The first-order chi connectivity index (χ1) is 14.2. The van der Waals surface area contributed by atoms with Gasteiger partial charge in [-0.2, -0.15) is 0 Å². The van der Waals surface area contributed by atoms with E-state index in [1.807, 2.05) is 26.8 Å². The highest BCUT2D eigenvalue weighted by molar-refractivity contribution is 5.97. The first kappa shape index (κ1) is 24.3. The summed E-state index contributed by atoms with van der Waals surface area (Å²) < 4.78 is 0. The predicted octanol–water partition coefficient (Wildman–Crippen LogP) is 4.44. The van der Waals surface area contributed by atoms with Gasteiger partial charge in [0.1, 0.15) is 5.69 Å². The van der Waals surface area contributed by atoms with Crippen LogP contribution >= 0.6 is 0 Å². The lowest BCUT2D eigenvalue weighted by Gasteiger charge is -2.23. The summed E-state index contributed by atoms with van der Waals surface area (Å²) in [5.74, 6) is 0.474. The molecule has 5 heteroatoms. The molecular formula is C25H39N3O2. The first-order valence-electron chi connectivity index (χ1n) is 11.3. The Labute approximate surface area is 181 Å². The van der Waals surface area contributed by atoms with E-state index < -0.39 is 0 Å². The molecule has 5 nitrogen and oxygen atoms in total. The minimum Gasteiger partial charge on any atom is -0.395 e. The molecule has 1 aromatic carbocycles. The van der Waals surface area contributed by atoms with Crippen molar-refractivity contribution in [3.63, 3.8) is 0 Å². The monoisotopic (exact) mass is 413 g/mol. The van der Waals surface area contributed by atoms with E-state index in [0.29, 0.717) is 18.2 Å². The molecule has 1 saturated carbocycles. The van der Waals surface area contributed by atoms with Crippen molar-refractivity contribution < 1.29 is 9.90 Å². The summed E-state index contributed by atoms with van der Waals surface area (Å²) >= 11 is 0. The van der Waals surface area contributed by atoms with Gasteiger partial charge in [-0.05, 0) is 66.5 Å². The molecule has 1 atom stereocenters. The number of aromatic nitrogens is 1. The number of carbonyl (C=O) groups is 1. The summed E-state index contributed by atoms with van der Waals surface area (Å²) in [7, 11) is 0. The zero-order valence-electron chi connectivity index (χ0n) is 19.7. The number of likely N-dealkylation sites (N-methyl/N-ethyl adjacent to an activating group) is 1. The van der Waals surface area contributed by atoms with E-state index in [-0.39, 0.29) is 24.0 Å². The standard InChI is InChI=1S/C23H33N3O2.C2H6/c1-6-24-17(13-27)12-25-22(28)20-9-14(2)18-10-16(15-7-8-15)11-19(21(18)26-20)23(3,4)5;1-2/h9-11,15,17,24,27H,6-8,12-13H2,1-5H3,(H,25,28);1-2H3. The van der Waals surface area contributed by atoms with Gasteiger partial charge < -0.3 is 15.7 Å². The number of nitrogens with one attached hydrogen (secondary N) is 2. The number of amides is 1. The Morgan fingerprint density at radius 2 is 1.90 bits per heavy atom. The maximum absolute atomic E-state index is 12.7. The van der Waals surface area contributed by atoms with Gasteiger partial charge in [-0.15, -0.1) is 0 Å². The molecule has 2 aromatic rings. The van der Waals surface area contributed by atoms with Crippen LogP contribution in [0, 0.1) is 6.92 Å². The quantitative estimate of drug-likeness (QED) is 0.627. The van der Waals surface area contributed by atoms with Crippen molar-refractivity contribution in [1.29, 1.82) is 0 Å². The van der Waals surface area contributed by atoms with Crippen molar-refractivity contribution in [2.45, 2.75) is 78.7 Å². The Morgan fingerprint density at radius 1 is 1.23 bits per heavy atom.